The van der Waals surface area contributed by atoms with Crippen LogP contribution < -0.4 is 15.4 Å². The summed E-state index contributed by atoms with van der Waals surface area (Å²) < 4.78 is 5.62. The summed E-state index contributed by atoms with van der Waals surface area (Å²) in [6.45, 7) is 4.89. The van der Waals surface area contributed by atoms with Crippen LogP contribution in [0, 0.1) is 5.92 Å². The maximum atomic E-state index is 11.9. The first kappa shape index (κ1) is 18.6. The molecule has 1 aliphatic carbocycles. The highest BCUT2D eigenvalue weighted by atomic mass is 16.5. The minimum Gasteiger partial charge on any atom is -0.491 e. The Kier molecular flexibility index (Phi) is 7.37. The molecule has 2 rings (SSSR count). The normalized spacial score (nSPS) is 20.7. The summed E-state index contributed by atoms with van der Waals surface area (Å²) in [7, 11) is 0. The first-order chi connectivity index (χ1) is 11.6. The Balaban J connectivity index is 1.64. The van der Waals surface area contributed by atoms with Gasteiger partial charge in [-0.2, -0.15) is 0 Å². The minimum absolute atomic E-state index is 0.0952. The van der Waals surface area contributed by atoms with Crippen molar-refractivity contribution in [3.8, 4) is 5.75 Å². The molecule has 0 bridgehead atoms. The molecule has 5 nitrogen and oxygen atoms in total. The Morgan fingerprint density at radius 1 is 1.21 bits per heavy atom. The highest BCUT2D eigenvalue weighted by molar-refractivity contribution is 5.74. The van der Waals surface area contributed by atoms with E-state index in [9.17, 15) is 4.79 Å². The number of aliphatic hydroxyl groups is 1. The molecule has 0 aromatic heterocycles. The monoisotopic (exact) mass is 334 g/mol. The van der Waals surface area contributed by atoms with Crippen molar-refractivity contribution in [1.82, 2.24) is 10.6 Å². The number of rotatable bonds is 7. The fraction of sp³-hybridized carbons (Fsp3) is 0.632. The van der Waals surface area contributed by atoms with Gasteiger partial charge in [-0.1, -0.05) is 12.1 Å². The minimum atomic E-state index is -0.0952. The molecule has 1 saturated carbocycles. The van der Waals surface area contributed by atoms with Gasteiger partial charge in [0.05, 0.1) is 6.10 Å². The number of carbonyl (C=O) groups excluding carboxylic acids is 1. The van der Waals surface area contributed by atoms with Gasteiger partial charge in [-0.3, -0.25) is 0 Å². The summed E-state index contributed by atoms with van der Waals surface area (Å²) in [5.74, 6) is 1.28. The van der Waals surface area contributed by atoms with Crippen LogP contribution >= 0.6 is 0 Å². The average Bonchev–Trinajstić information content (AvgIpc) is 2.57. The fourth-order valence-corrected chi connectivity index (χ4v) is 3.05. The molecule has 5 heteroatoms. The van der Waals surface area contributed by atoms with Gasteiger partial charge >= 0.3 is 6.03 Å². The van der Waals surface area contributed by atoms with Gasteiger partial charge in [-0.05, 0) is 69.6 Å². The number of hydrogen-bond acceptors (Lipinski definition) is 3. The van der Waals surface area contributed by atoms with Gasteiger partial charge in [0.2, 0.25) is 0 Å². The topological polar surface area (TPSA) is 70.6 Å². The van der Waals surface area contributed by atoms with E-state index in [-0.39, 0.29) is 24.8 Å². The van der Waals surface area contributed by atoms with Crippen molar-refractivity contribution in [1.29, 1.82) is 0 Å². The molecule has 0 saturated heterocycles. The quantitative estimate of drug-likeness (QED) is 0.718. The van der Waals surface area contributed by atoms with E-state index in [2.05, 4.69) is 10.6 Å². The number of aliphatic hydroxyl groups excluding tert-OH is 1. The largest absolute Gasteiger partial charge is 0.491 e. The Labute approximate surface area is 144 Å². The van der Waals surface area contributed by atoms with Gasteiger partial charge in [0.15, 0.2) is 0 Å². The maximum absolute atomic E-state index is 11.9. The van der Waals surface area contributed by atoms with Gasteiger partial charge in [0, 0.05) is 19.2 Å². The molecule has 0 aliphatic heterocycles. The molecule has 1 fully saturated rings. The number of benzene rings is 1. The lowest BCUT2D eigenvalue weighted by Crippen LogP contribution is -2.44. The van der Waals surface area contributed by atoms with Gasteiger partial charge in [0.25, 0.3) is 0 Å². The number of hydrogen-bond donors (Lipinski definition) is 3. The van der Waals surface area contributed by atoms with Crippen molar-refractivity contribution in [2.75, 3.05) is 13.2 Å². The van der Waals surface area contributed by atoms with Gasteiger partial charge in [-0.25, -0.2) is 4.79 Å². The predicted octanol–water partition coefficient (Wildman–Crippen LogP) is 2.87. The summed E-state index contributed by atoms with van der Waals surface area (Å²) in [6, 6.07) is 8.15. The smallest absolute Gasteiger partial charge is 0.315 e. The van der Waals surface area contributed by atoms with E-state index < -0.39 is 0 Å². The summed E-state index contributed by atoms with van der Waals surface area (Å²) in [6.07, 6.45) is 4.87. The van der Waals surface area contributed by atoms with Crippen molar-refractivity contribution >= 4 is 6.03 Å². The zero-order valence-electron chi connectivity index (χ0n) is 14.8. The summed E-state index contributed by atoms with van der Waals surface area (Å²) in [4.78, 5) is 11.9. The Morgan fingerprint density at radius 2 is 1.88 bits per heavy atom. The molecule has 0 unspecified atom stereocenters. The van der Waals surface area contributed by atoms with E-state index >= 15 is 0 Å². The number of carbonyl (C=O) groups is 1. The van der Waals surface area contributed by atoms with Crippen LogP contribution in [0.3, 0.4) is 0 Å². The SMILES string of the molecule is CC(C)Oc1ccc(CCNC(=O)NC2CCC(CO)CC2)cc1. The number of nitrogens with one attached hydrogen (secondary N) is 2. The zero-order valence-corrected chi connectivity index (χ0v) is 14.8. The second-order valence-electron chi connectivity index (χ2n) is 6.86. The molecule has 24 heavy (non-hydrogen) atoms. The Bertz CT molecular complexity index is 494. The molecule has 1 aliphatic rings. The van der Waals surface area contributed by atoms with Crippen molar-refractivity contribution in [3.05, 3.63) is 29.8 Å². The Hall–Kier alpha value is -1.75. The second-order valence-corrected chi connectivity index (χ2v) is 6.86. The summed E-state index contributed by atoms with van der Waals surface area (Å²) >= 11 is 0. The van der Waals surface area contributed by atoms with Crippen molar-refractivity contribution < 1.29 is 14.6 Å². The van der Waals surface area contributed by atoms with Crippen LogP contribution in [0.15, 0.2) is 24.3 Å². The van der Waals surface area contributed by atoms with Crippen LogP contribution in [-0.4, -0.2) is 36.4 Å². The standard InChI is InChI=1S/C19H30N2O3/c1-14(2)24-18-9-5-15(6-10-18)11-12-20-19(23)21-17-7-3-16(13-22)4-8-17/h5-6,9-10,14,16-17,22H,3-4,7-8,11-13H2,1-2H3,(H2,20,21,23). The van der Waals surface area contributed by atoms with E-state index in [1.807, 2.05) is 38.1 Å². The number of amides is 2. The lowest BCUT2D eigenvalue weighted by molar-refractivity contribution is 0.174. The van der Waals surface area contributed by atoms with Crippen molar-refractivity contribution in [3.63, 3.8) is 0 Å². The zero-order chi connectivity index (χ0) is 17.4. The average molecular weight is 334 g/mol. The van der Waals surface area contributed by atoms with Crippen LogP contribution in [0.25, 0.3) is 0 Å². The van der Waals surface area contributed by atoms with Crippen LogP contribution in [0.2, 0.25) is 0 Å². The lowest BCUT2D eigenvalue weighted by atomic mass is 9.87. The molecule has 134 valence electrons. The highest BCUT2D eigenvalue weighted by Crippen LogP contribution is 2.23. The van der Waals surface area contributed by atoms with Crippen LogP contribution in [0.5, 0.6) is 5.75 Å². The third kappa shape index (κ3) is 6.40. The van der Waals surface area contributed by atoms with E-state index in [1.54, 1.807) is 0 Å². The van der Waals surface area contributed by atoms with Gasteiger partial charge in [-0.15, -0.1) is 0 Å². The van der Waals surface area contributed by atoms with E-state index in [4.69, 9.17) is 9.84 Å². The molecule has 0 radical (unpaired) electrons. The van der Waals surface area contributed by atoms with E-state index in [0.29, 0.717) is 12.5 Å². The molecule has 0 spiro atoms. The first-order valence-corrected chi connectivity index (χ1v) is 8.97. The molecule has 1 aromatic carbocycles. The maximum Gasteiger partial charge on any atom is 0.315 e. The molecular formula is C19H30N2O3. The third-order valence-corrected chi connectivity index (χ3v) is 4.43. The Morgan fingerprint density at radius 3 is 2.46 bits per heavy atom. The number of urea groups is 1. The molecule has 0 atom stereocenters. The first-order valence-electron chi connectivity index (χ1n) is 8.97. The van der Waals surface area contributed by atoms with Crippen LogP contribution in [0.1, 0.15) is 45.1 Å². The van der Waals surface area contributed by atoms with E-state index in [0.717, 1.165) is 37.9 Å². The molecule has 0 heterocycles. The lowest BCUT2D eigenvalue weighted by Gasteiger charge is -2.27. The van der Waals surface area contributed by atoms with Gasteiger partial charge in [0.1, 0.15) is 5.75 Å². The summed E-state index contributed by atoms with van der Waals surface area (Å²) in [5, 5.41) is 15.1. The summed E-state index contributed by atoms with van der Waals surface area (Å²) in [5.41, 5.74) is 1.18. The molecule has 3 N–H and O–H groups in total. The van der Waals surface area contributed by atoms with Crippen LogP contribution in [-0.2, 0) is 6.42 Å². The third-order valence-electron chi connectivity index (χ3n) is 4.43. The van der Waals surface area contributed by atoms with E-state index in [1.165, 1.54) is 5.56 Å². The second kappa shape index (κ2) is 9.52. The predicted molar refractivity (Wildman–Crippen MR) is 95.3 cm³/mol. The highest BCUT2D eigenvalue weighted by Gasteiger charge is 2.21. The van der Waals surface area contributed by atoms with Crippen molar-refractivity contribution in [2.45, 2.75) is 58.1 Å². The molecule has 1 aromatic rings. The van der Waals surface area contributed by atoms with Gasteiger partial charge < -0.3 is 20.5 Å². The fourth-order valence-electron chi connectivity index (χ4n) is 3.05. The molecular weight excluding hydrogens is 304 g/mol. The number of ether oxygens (including phenoxy) is 1. The van der Waals surface area contributed by atoms with Crippen molar-refractivity contribution in [2.24, 2.45) is 5.92 Å². The molecule has 2 amide bonds. The van der Waals surface area contributed by atoms with Crippen LogP contribution in [0.4, 0.5) is 4.79 Å².